The molecule has 3 rings (SSSR count). The highest BCUT2D eigenvalue weighted by molar-refractivity contribution is 7.99. The Balaban J connectivity index is 1.64. The number of carbonyl (C=O) groups excluding carboxylic acids is 2. The molecular formula is C25H32N2O2S. The topological polar surface area (TPSA) is 49.4 Å². The van der Waals surface area contributed by atoms with Gasteiger partial charge in [0.1, 0.15) is 6.04 Å². The molecule has 1 aliphatic rings. The third kappa shape index (κ3) is 6.63. The molecule has 1 N–H and O–H groups in total. The average molecular weight is 425 g/mol. The van der Waals surface area contributed by atoms with Crippen molar-refractivity contribution in [3.8, 4) is 0 Å². The Morgan fingerprint density at radius 3 is 2.37 bits per heavy atom. The number of aryl methyl sites for hydroxylation is 1. The third-order valence-corrected chi connectivity index (χ3v) is 6.67. The van der Waals surface area contributed by atoms with Crippen LogP contribution in [0.1, 0.15) is 49.3 Å². The molecule has 0 spiro atoms. The van der Waals surface area contributed by atoms with Crippen LogP contribution >= 0.6 is 11.8 Å². The summed E-state index contributed by atoms with van der Waals surface area (Å²) in [5.74, 6) is 1.11. The van der Waals surface area contributed by atoms with Gasteiger partial charge in [0, 0.05) is 18.3 Å². The Morgan fingerprint density at radius 1 is 1.03 bits per heavy atom. The lowest BCUT2D eigenvalue weighted by molar-refractivity contribution is -0.138. The molecule has 0 saturated heterocycles. The fraction of sp³-hybridized carbons (Fsp3) is 0.440. The number of rotatable bonds is 9. The van der Waals surface area contributed by atoms with Crippen LogP contribution in [0.2, 0.25) is 0 Å². The van der Waals surface area contributed by atoms with Crippen LogP contribution in [0, 0.1) is 6.92 Å². The Hall–Kier alpha value is -2.27. The maximum absolute atomic E-state index is 13.1. The molecule has 1 aliphatic carbocycles. The summed E-state index contributed by atoms with van der Waals surface area (Å²) in [6.45, 7) is 4.34. The standard InChI is InChI=1S/C25H32N2O2S/c1-19-12-14-21(15-13-19)16-27(20(2)25(29)26-23-10-6-7-11-23)24(28)18-30-17-22-8-4-3-5-9-22/h3-5,8-9,12-15,20,23H,6-7,10-11,16-18H2,1-2H3,(H,26,29)/t20-/m0/s1. The summed E-state index contributed by atoms with van der Waals surface area (Å²) < 4.78 is 0. The highest BCUT2D eigenvalue weighted by atomic mass is 32.2. The number of hydrogen-bond donors (Lipinski definition) is 1. The van der Waals surface area contributed by atoms with Crippen LogP contribution in [-0.2, 0) is 21.9 Å². The molecule has 0 unspecified atom stereocenters. The molecule has 4 nitrogen and oxygen atoms in total. The first-order valence-electron chi connectivity index (χ1n) is 10.8. The van der Waals surface area contributed by atoms with Crippen LogP contribution in [0.15, 0.2) is 54.6 Å². The van der Waals surface area contributed by atoms with Crippen LogP contribution < -0.4 is 5.32 Å². The number of carbonyl (C=O) groups is 2. The summed E-state index contributed by atoms with van der Waals surface area (Å²) in [5, 5.41) is 3.15. The second-order valence-corrected chi connectivity index (χ2v) is 9.14. The van der Waals surface area contributed by atoms with Gasteiger partial charge in [-0.2, -0.15) is 0 Å². The first-order valence-corrected chi connectivity index (χ1v) is 12.0. The largest absolute Gasteiger partial charge is 0.352 e. The van der Waals surface area contributed by atoms with E-state index in [4.69, 9.17) is 0 Å². The number of nitrogens with zero attached hydrogens (tertiary/aromatic N) is 1. The molecular weight excluding hydrogens is 392 g/mol. The third-order valence-electron chi connectivity index (χ3n) is 5.68. The fourth-order valence-electron chi connectivity index (χ4n) is 3.78. The summed E-state index contributed by atoms with van der Waals surface area (Å²) >= 11 is 1.59. The van der Waals surface area contributed by atoms with Gasteiger partial charge in [0.05, 0.1) is 5.75 Å². The highest BCUT2D eigenvalue weighted by Gasteiger charge is 2.28. The van der Waals surface area contributed by atoms with Gasteiger partial charge in [-0.1, -0.05) is 73.0 Å². The van der Waals surface area contributed by atoms with Crippen molar-refractivity contribution in [2.75, 3.05) is 5.75 Å². The molecule has 0 aliphatic heterocycles. The molecule has 0 radical (unpaired) electrons. The molecule has 0 bridgehead atoms. The normalized spacial score (nSPS) is 15.0. The minimum absolute atomic E-state index is 0.00516. The van der Waals surface area contributed by atoms with Crippen molar-refractivity contribution >= 4 is 23.6 Å². The molecule has 5 heteroatoms. The Kier molecular flexibility index (Phi) is 8.38. The fourth-order valence-corrected chi connectivity index (χ4v) is 4.65. The summed E-state index contributed by atoms with van der Waals surface area (Å²) in [4.78, 5) is 27.7. The van der Waals surface area contributed by atoms with Crippen LogP contribution in [-0.4, -0.2) is 34.6 Å². The van der Waals surface area contributed by atoms with Gasteiger partial charge in [0.15, 0.2) is 0 Å². The number of hydrogen-bond acceptors (Lipinski definition) is 3. The average Bonchev–Trinajstić information content (AvgIpc) is 3.26. The minimum Gasteiger partial charge on any atom is -0.352 e. The number of thioether (sulfide) groups is 1. The highest BCUT2D eigenvalue weighted by Crippen LogP contribution is 2.19. The van der Waals surface area contributed by atoms with Crippen molar-refractivity contribution in [2.24, 2.45) is 0 Å². The van der Waals surface area contributed by atoms with E-state index in [-0.39, 0.29) is 17.9 Å². The van der Waals surface area contributed by atoms with Gasteiger partial charge in [0.2, 0.25) is 11.8 Å². The first-order chi connectivity index (χ1) is 14.5. The summed E-state index contributed by atoms with van der Waals surface area (Å²) in [5.41, 5.74) is 3.43. The maximum atomic E-state index is 13.1. The number of nitrogens with one attached hydrogen (secondary N) is 1. The SMILES string of the molecule is Cc1ccc(CN(C(=O)CSCc2ccccc2)[C@@H](C)C(=O)NC2CCCC2)cc1. The minimum atomic E-state index is -0.489. The van der Waals surface area contributed by atoms with E-state index in [2.05, 4.69) is 17.4 Å². The molecule has 1 saturated carbocycles. The van der Waals surface area contributed by atoms with E-state index in [0.29, 0.717) is 12.3 Å². The molecule has 1 atom stereocenters. The van der Waals surface area contributed by atoms with Crippen LogP contribution in [0.4, 0.5) is 0 Å². The second kappa shape index (κ2) is 11.2. The zero-order valence-corrected chi connectivity index (χ0v) is 18.8. The van der Waals surface area contributed by atoms with Crippen molar-refractivity contribution in [2.45, 2.75) is 63.9 Å². The summed E-state index contributed by atoms with van der Waals surface area (Å²) in [7, 11) is 0. The molecule has 160 valence electrons. The monoisotopic (exact) mass is 424 g/mol. The Labute approximate surface area is 184 Å². The van der Waals surface area contributed by atoms with Gasteiger partial charge < -0.3 is 10.2 Å². The lowest BCUT2D eigenvalue weighted by atomic mass is 10.1. The van der Waals surface area contributed by atoms with Crippen molar-refractivity contribution < 1.29 is 9.59 Å². The van der Waals surface area contributed by atoms with E-state index in [1.54, 1.807) is 16.7 Å². The van der Waals surface area contributed by atoms with E-state index in [0.717, 1.165) is 24.2 Å². The molecule has 2 aromatic carbocycles. The Morgan fingerprint density at radius 2 is 1.70 bits per heavy atom. The molecule has 0 aromatic heterocycles. The smallest absolute Gasteiger partial charge is 0.242 e. The Bertz CT molecular complexity index is 817. The molecule has 1 fully saturated rings. The molecule has 0 heterocycles. The van der Waals surface area contributed by atoms with E-state index in [1.165, 1.54) is 24.0 Å². The van der Waals surface area contributed by atoms with Gasteiger partial charge in [-0.25, -0.2) is 0 Å². The van der Waals surface area contributed by atoms with Crippen molar-refractivity contribution in [1.29, 1.82) is 0 Å². The van der Waals surface area contributed by atoms with Crippen molar-refractivity contribution in [3.05, 3.63) is 71.3 Å². The van der Waals surface area contributed by atoms with Crippen molar-refractivity contribution in [3.63, 3.8) is 0 Å². The van der Waals surface area contributed by atoms with Crippen LogP contribution in [0.5, 0.6) is 0 Å². The summed E-state index contributed by atoms with van der Waals surface area (Å²) in [6, 6.07) is 18.1. The maximum Gasteiger partial charge on any atom is 0.242 e. The van der Waals surface area contributed by atoms with Crippen LogP contribution in [0.3, 0.4) is 0 Å². The van der Waals surface area contributed by atoms with Crippen LogP contribution in [0.25, 0.3) is 0 Å². The second-order valence-electron chi connectivity index (χ2n) is 8.15. The van der Waals surface area contributed by atoms with Gasteiger partial charge in [-0.05, 0) is 37.8 Å². The van der Waals surface area contributed by atoms with Gasteiger partial charge in [-0.15, -0.1) is 11.8 Å². The zero-order valence-electron chi connectivity index (χ0n) is 18.0. The van der Waals surface area contributed by atoms with E-state index in [1.807, 2.05) is 56.3 Å². The zero-order chi connectivity index (χ0) is 21.3. The summed E-state index contributed by atoms with van der Waals surface area (Å²) in [6.07, 6.45) is 4.41. The van der Waals surface area contributed by atoms with Gasteiger partial charge in [-0.3, -0.25) is 9.59 Å². The van der Waals surface area contributed by atoms with E-state index in [9.17, 15) is 9.59 Å². The lowest BCUT2D eigenvalue weighted by Gasteiger charge is -2.29. The predicted molar refractivity (Wildman–Crippen MR) is 124 cm³/mol. The van der Waals surface area contributed by atoms with Crippen molar-refractivity contribution in [1.82, 2.24) is 10.2 Å². The predicted octanol–water partition coefficient (Wildman–Crippen LogP) is 4.70. The van der Waals surface area contributed by atoms with E-state index >= 15 is 0 Å². The lowest BCUT2D eigenvalue weighted by Crippen LogP contribution is -2.50. The van der Waals surface area contributed by atoms with Gasteiger partial charge >= 0.3 is 0 Å². The van der Waals surface area contributed by atoms with Gasteiger partial charge in [0.25, 0.3) is 0 Å². The molecule has 2 amide bonds. The quantitative estimate of drug-likeness (QED) is 0.634. The number of amides is 2. The molecule has 2 aromatic rings. The number of benzene rings is 2. The van der Waals surface area contributed by atoms with E-state index < -0.39 is 6.04 Å². The molecule has 30 heavy (non-hydrogen) atoms. The first kappa shape index (κ1) is 22.4.